The van der Waals surface area contributed by atoms with Crippen molar-refractivity contribution in [2.24, 2.45) is 5.92 Å². The van der Waals surface area contributed by atoms with Crippen LogP contribution in [0.5, 0.6) is 5.75 Å². The van der Waals surface area contributed by atoms with E-state index in [9.17, 15) is 9.90 Å². The zero-order valence-electron chi connectivity index (χ0n) is 14.2. The molecule has 5 nitrogen and oxygen atoms in total. The Balaban J connectivity index is 1.44. The van der Waals surface area contributed by atoms with Gasteiger partial charge in [-0.3, -0.25) is 4.79 Å². The average Bonchev–Trinajstić information content (AvgIpc) is 3.10. The topological polar surface area (TPSA) is 70.6 Å². The minimum absolute atomic E-state index is 0.0678. The van der Waals surface area contributed by atoms with Gasteiger partial charge in [0.1, 0.15) is 11.9 Å². The molecule has 1 aliphatic heterocycles. The number of ether oxygens (including phenoxy) is 1. The highest BCUT2D eigenvalue weighted by atomic mass is 16.5. The van der Waals surface area contributed by atoms with Gasteiger partial charge >= 0.3 is 0 Å². The van der Waals surface area contributed by atoms with Crippen molar-refractivity contribution in [1.82, 2.24) is 5.32 Å². The summed E-state index contributed by atoms with van der Waals surface area (Å²) in [5.41, 5.74) is 0.793. The molecule has 1 amide bonds. The quantitative estimate of drug-likeness (QED) is 0.749. The van der Waals surface area contributed by atoms with Crippen molar-refractivity contribution >= 4 is 11.6 Å². The van der Waals surface area contributed by atoms with Crippen molar-refractivity contribution < 1.29 is 14.6 Å². The van der Waals surface area contributed by atoms with Gasteiger partial charge in [-0.2, -0.15) is 0 Å². The Labute approximate surface area is 143 Å². The van der Waals surface area contributed by atoms with Gasteiger partial charge in [-0.15, -0.1) is 0 Å². The molecule has 0 bridgehead atoms. The molecule has 1 aliphatic carbocycles. The molecule has 3 atom stereocenters. The fourth-order valence-corrected chi connectivity index (χ4v) is 3.53. The molecule has 24 heavy (non-hydrogen) atoms. The van der Waals surface area contributed by atoms with E-state index in [4.69, 9.17) is 4.74 Å². The molecule has 3 rings (SSSR count). The summed E-state index contributed by atoms with van der Waals surface area (Å²) in [6, 6.07) is 7.44. The Bertz CT molecular complexity index is 526. The van der Waals surface area contributed by atoms with Crippen LogP contribution in [0.4, 0.5) is 5.69 Å². The van der Waals surface area contributed by atoms with Crippen LogP contribution >= 0.6 is 0 Å². The zero-order chi connectivity index (χ0) is 16.8. The second kappa shape index (κ2) is 8.49. The Morgan fingerprint density at radius 2 is 2.00 bits per heavy atom. The molecule has 1 saturated heterocycles. The molecule has 3 unspecified atom stereocenters. The molecule has 2 fully saturated rings. The summed E-state index contributed by atoms with van der Waals surface area (Å²) in [4.78, 5) is 12.0. The zero-order valence-corrected chi connectivity index (χ0v) is 14.2. The highest BCUT2D eigenvalue weighted by Crippen LogP contribution is 2.25. The number of hydrogen-bond donors (Lipinski definition) is 3. The van der Waals surface area contributed by atoms with Crippen LogP contribution in [0, 0.1) is 5.92 Å². The first-order valence-corrected chi connectivity index (χ1v) is 9.16. The third-order valence-corrected chi connectivity index (χ3v) is 5.04. The van der Waals surface area contributed by atoms with Gasteiger partial charge < -0.3 is 20.5 Å². The summed E-state index contributed by atoms with van der Waals surface area (Å²) < 4.78 is 5.87. The fourth-order valence-electron chi connectivity index (χ4n) is 3.53. The van der Waals surface area contributed by atoms with Crippen LogP contribution in [-0.2, 0) is 4.79 Å². The molecule has 0 aromatic heterocycles. The largest absolute Gasteiger partial charge is 0.488 e. The summed E-state index contributed by atoms with van der Waals surface area (Å²) >= 11 is 0. The van der Waals surface area contributed by atoms with Crippen LogP contribution < -0.4 is 15.4 Å². The predicted molar refractivity (Wildman–Crippen MR) is 94.2 cm³/mol. The molecular formula is C19H28N2O3. The van der Waals surface area contributed by atoms with E-state index in [2.05, 4.69) is 10.6 Å². The lowest BCUT2D eigenvalue weighted by Gasteiger charge is -2.28. The van der Waals surface area contributed by atoms with Crippen molar-refractivity contribution in [2.45, 2.75) is 57.2 Å². The highest BCUT2D eigenvalue weighted by Gasteiger charge is 2.24. The Morgan fingerprint density at radius 3 is 2.71 bits per heavy atom. The van der Waals surface area contributed by atoms with E-state index in [-0.39, 0.29) is 18.1 Å². The van der Waals surface area contributed by atoms with Gasteiger partial charge in [-0.25, -0.2) is 0 Å². The molecular weight excluding hydrogens is 304 g/mol. The van der Waals surface area contributed by atoms with E-state index < -0.39 is 0 Å². The molecule has 2 aliphatic rings. The average molecular weight is 332 g/mol. The number of amides is 1. The van der Waals surface area contributed by atoms with Gasteiger partial charge in [0.25, 0.3) is 0 Å². The number of aliphatic hydroxyl groups is 1. The van der Waals surface area contributed by atoms with Crippen LogP contribution in [-0.4, -0.2) is 36.3 Å². The van der Waals surface area contributed by atoms with Gasteiger partial charge in [0.05, 0.1) is 6.10 Å². The third kappa shape index (κ3) is 4.95. The van der Waals surface area contributed by atoms with Crippen LogP contribution in [0.15, 0.2) is 24.3 Å². The lowest BCUT2D eigenvalue weighted by molar-refractivity contribution is -0.116. The molecule has 1 aromatic rings. The number of rotatable bonds is 6. The van der Waals surface area contributed by atoms with E-state index in [0.717, 1.165) is 56.6 Å². The predicted octanol–water partition coefficient (Wildman–Crippen LogP) is 2.70. The molecule has 132 valence electrons. The monoisotopic (exact) mass is 332 g/mol. The number of benzene rings is 1. The van der Waals surface area contributed by atoms with Crippen molar-refractivity contribution in [3.05, 3.63) is 24.3 Å². The summed E-state index contributed by atoms with van der Waals surface area (Å²) in [6.07, 6.45) is 6.09. The Morgan fingerprint density at radius 1 is 1.21 bits per heavy atom. The van der Waals surface area contributed by atoms with Crippen LogP contribution in [0.2, 0.25) is 0 Å². The van der Waals surface area contributed by atoms with Gasteiger partial charge in [0, 0.05) is 12.1 Å². The number of carbonyl (C=O) groups is 1. The van der Waals surface area contributed by atoms with Crippen molar-refractivity contribution in [2.75, 3.05) is 18.4 Å². The molecule has 1 aromatic carbocycles. The second-order valence-electron chi connectivity index (χ2n) is 6.98. The SMILES string of the molecule is O=C(CCC1CCNC1)Nc1ccc(OC2CCCCC2O)cc1. The van der Waals surface area contributed by atoms with Crippen LogP contribution in [0.3, 0.4) is 0 Å². The van der Waals surface area contributed by atoms with Gasteiger partial charge in [0.15, 0.2) is 0 Å². The van der Waals surface area contributed by atoms with Crippen LogP contribution in [0.25, 0.3) is 0 Å². The van der Waals surface area contributed by atoms with E-state index in [0.29, 0.717) is 12.3 Å². The maximum absolute atomic E-state index is 12.0. The van der Waals surface area contributed by atoms with Gasteiger partial charge in [0.2, 0.25) is 5.91 Å². The summed E-state index contributed by atoms with van der Waals surface area (Å²) in [7, 11) is 0. The Hall–Kier alpha value is -1.59. The first-order chi connectivity index (χ1) is 11.7. The molecule has 1 heterocycles. The third-order valence-electron chi connectivity index (χ3n) is 5.04. The minimum Gasteiger partial charge on any atom is -0.488 e. The van der Waals surface area contributed by atoms with E-state index >= 15 is 0 Å². The minimum atomic E-state index is -0.372. The first-order valence-electron chi connectivity index (χ1n) is 9.16. The summed E-state index contributed by atoms with van der Waals surface area (Å²) in [5, 5.41) is 16.2. The van der Waals surface area contributed by atoms with E-state index in [1.54, 1.807) is 0 Å². The normalized spacial score (nSPS) is 27.0. The summed E-state index contributed by atoms with van der Waals surface area (Å²) in [5.74, 6) is 1.45. The van der Waals surface area contributed by atoms with Crippen molar-refractivity contribution in [1.29, 1.82) is 0 Å². The maximum Gasteiger partial charge on any atom is 0.224 e. The number of carbonyl (C=O) groups excluding carboxylic acids is 1. The second-order valence-corrected chi connectivity index (χ2v) is 6.98. The van der Waals surface area contributed by atoms with Crippen molar-refractivity contribution in [3.63, 3.8) is 0 Å². The standard InChI is InChI=1S/C19H28N2O3/c22-17-3-1-2-4-18(17)24-16-8-6-15(7-9-16)21-19(23)10-5-14-11-12-20-13-14/h6-9,14,17-18,20,22H,1-5,10-13H2,(H,21,23). The van der Waals surface area contributed by atoms with Gasteiger partial charge in [-0.1, -0.05) is 6.42 Å². The molecule has 3 N–H and O–H groups in total. The van der Waals surface area contributed by atoms with E-state index in [1.165, 1.54) is 6.42 Å². The van der Waals surface area contributed by atoms with Crippen LogP contribution in [0.1, 0.15) is 44.9 Å². The molecule has 5 heteroatoms. The molecule has 1 saturated carbocycles. The first kappa shape index (κ1) is 17.2. The number of nitrogens with one attached hydrogen (secondary N) is 2. The number of hydrogen-bond acceptors (Lipinski definition) is 4. The lowest BCUT2D eigenvalue weighted by Crippen LogP contribution is -2.34. The molecule has 0 radical (unpaired) electrons. The number of aliphatic hydroxyl groups excluding tert-OH is 1. The van der Waals surface area contributed by atoms with E-state index in [1.807, 2.05) is 24.3 Å². The highest BCUT2D eigenvalue weighted by molar-refractivity contribution is 5.90. The fraction of sp³-hybridized carbons (Fsp3) is 0.632. The van der Waals surface area contributed by atoms with Crippen molar-refractivity contribution in [3.8, 4) is 5.75 Å². The van der Waals surface area contributed by atoms with Gasteiger partial charge in [-0.05, 0) is 75.4 Å². The molecule has 0 spiro atoms. The number of anilines is 1. The Kier molecular flexibility index (Phi) is 6.10. The summed E-state index contributed by atoms with van der Waals surface area (Å²) in [6.45, 7) is 2.11. The smallest absolute Gasteiger partial charge is 0.224 e. The lowest BCUT2D eigenvalue weighted by atomic mass is 9.95. The maximum atomic E-state index is 12.0.